The number of esters is 1. The van der Waals surface area contributed by atoms with Gasteiger partial charge < -0.3 is 19.4 Å². The molecular formula is C75H148N2O7P+. The van der Waals surface area contributed by atoms with Gasteiger partial charge in [-0.05, 0) is 57.4 Å². The van der Waals surface area contributed by atoms with Gasteiger partial charge in [-0.3, -0.25) is 18.6 Å². The molecule has 0 bridgehead atoms. The molecule has 0 radical (unpaired) electrons. The van der Waals surface area contributed by atoms with Crippen LogP contribution in [0.3, 0.4) is 0 Å². The largest absolute Gasteiger partial charge is 0.472 e. The van der Waals surface area contributed by atoms with Gasteiger partial charge in [-0.1, -0.05) is 347 Å². The summed E-state index contributed by atoms with van der Waals surface area (Å²) < 4.78 is 30.9. The molecule has 1 amide bonds. The molecule has 0 aliphatic heterocycles. The molecule has 0 heterocycles. The number of amides is 1. The van der Waals surface area contributed by atoms with Gasteiger partial charge in [0.05, 0.1) is 33.8 Å². The molecule has 0 fully saturated rings. The second kappa shape index (κ2) is 65.4. The van der Waals surface area contributed by atoms with Crippen molar-refractivity contribution in [1.29, 1.82) is 0 Å². The van der Waals surface area contributed by atoms with Crippen LogP contribution in [0.15, 0.2) is 24.3 Å². The molecule has 0 saturated carbocycles. The highest BCUT2D eigenvalue weighted by atomic mass is 31.2. The fourth-order valence-corrected chi connectivity index (χ4v) is 12.3. The van der Waals surface area contributed by atoms with Gasteiger partial charge >= 0.3 is 13.8 Å². The number of allylic oxidation sites excluding steroid dienone is 3. The van der Waals surface area contributed by atoms with Crippen LogP contribution in [0.2, 0.25) is 0 Å². The lowest BCUT2D eigenvalue weighted by molar-refractivity contribution is -0.870. The molecule has 85 heavy (non-hydrogen) atoms. The zero-order valence-corrected chi connectivity index (χ0v) is 58.8. The summed E-state index contributed by atoms with van der Waals surface area (Å²) in [6.45, 7) is 7.09. The van der Waals surface area contributed by atoms with Crippen molar-refractivity contribution in [3.8, 4) is 0 Å². The molecule has 9 nitrogen and oxygen atoms in total. The minimum atomic E-state index is -4.45. The van der Waals surface area contributed by atoms with Gasteiger partial charge in [0.2, 0.25) is 5.91 Å². The number of rotatable bonds is 70. The van der Waals surface area contributed by atoms with Gasteiger partial charge in [-0.25, -0.2) is 4.57 Å². The minimum Gasteiger partial charge on any atom is -0.456 e. The van der Waals surface area contributed by atoms with Crippen molar-refractivity contribution in [3.63, 3.8) is 0 Å². The van der Waals surface area contributed by atoms with Crippen LogP contribution >= 0.6 is 7.82 Å². The molecule has 3 unspecified atom stereocenters. The normalized spacial score (nSPS) is 13.5. The highest BCUT2D eigenvalue weighted by Crippen LogP contribution is 2.43. The average molecular weight is 1220 g/mol. The molecule has 0 aliphatic rings. The Labute approximate surface area is 530 Å². The van der Waals surface area contributed by atoms with E-state index in [9.17, 15) is 19.0 Å². The predicted octanol–water partition coefficient (Wildman–Crippen LogP) is 24.0. The Morgan fingerprint density at radius 1 is 0.400 bits per heavy atom. The molecule has 0 aliphatic carbocycles. The zero-order chi connectivity index (χ0) is 62.1. The van der Waals surface area contributed by atoms with Gasteiger partial charge in [0.1, 0.15) is 19.3 Å². The van der Waals surface area contributed by atoms with E-state index < -0.39 is 20.0 Å². The van der Waals surface area contributed by atoms with Crippen molar-refractivity contribution in [3.05, 3.63) is 24.3 Å². The molecule has 3 atom stereocenters. The van der Waals surface area contributed by atoms with Crippen molar-refractivity contribution in [2.75, 3.05) is 40.9 Å². The van der Waals surface area contributed by atoms with Crippen molar-refractivity contribution in [2.45, 2.75) is 405 Å². The van der Waals surface area contributed by atoms with Crippen LogP contribution in [0.1, 0.15) is 393 Å². The average Bonchev–Trinajstić information content (AvgIpc) is 3.52. The summed E-state index contributed by atoms with van der Waals surface area (Å²) in [5.41, 5.74) is 0. The van der Waals surface area contributed by atoms with Crippen LogP contribution in [0, 0.1) is 0 Å². The summed E-state index contributed by atoms with van der Waals surface area (Å²) in [4.78, 5) is 38.0. The Balaban J connectivity index is 5.01. The van der Waals surface area contributed by atoms with Gasteiger partial charge in [-0.2, -0.15) is 0 Å². The summed E-state index contributed by atoms with van der Waals surface area (Å²) in [6.07, 6.45) is 80.5. The van der Waals surface area contributed by atoms with Crippen LogP contribution in [-0.4, -0.2) is 74.3 Å². The van der Waals surface area contributed by atoms with Gasteiger partial charge in [0.15, 0.2) is 0 Å². The third-order valence-electron chi connectivity index (χ3n) is 17.4. The third kappa shape index (κ3) is 66.7. The molecule has 0 saturated heterocycles. The van der Waals surface area contributed by atoms with E-state index in [0.717, 1.165) is 57.8 Å². The van der Waals surface area contributed by atoms with Crippen LogP contribution in [0.25, 0.3) is 0 Å². The Morgan fingerprint density at radius 2 is 0.682 bits per heavy atom. The smallest absolute Gasteiger partial charge is 0.456 e. The van der Waals surface area contributed by atoms with Crippen molar-refractivity contribution in [1.82, 2.24) is 5.32 Å². The van der Waals surface area contributed by atoms with Crippen molar-refractivity contribution < 1.29 is 37.3 Å². The summed E-state index contributed by atoms with van der Waals surface area (Å²) in [5.74, 6) is -0.479. The molecule has 504 valence electrons. The first-order chi connectivity index (χ1) is 41.4. The zero-order valence-electron chi connectivity index (χ0n) is 57.9. The van der Waals surface area contributed by atoms with Gasteiger partial charge in [-0.15, -0.1) is 0 Å². The topological polar surface area (TPSA) is 111 Å². The minimum absolute atomic E-state index is 0.0448. The van der Waals surface area contributed by atoms with E-state index in [0.29, 0.717) is 23.9 Å². The summed E-state index contributed by atoms with van der Waals surface area (Å²) in [7, 11) is 1.52. The number of unbranched alkanes of at least 4 members (excludes halogenated alkanes) is 52. The van der Waals surface area contributed by atoms with Crippen LogP contribution in [-0.2, 0) is 27.9 Å². The molecule has 0 aromatic heterocycles. The number of carbonyl (C=O) groups excluding carboxylic acids is 2. The number of hydrogen-bond donors (Lipinski definition) is 2. The van der Waals surface area contributed by atoms with Crippen LogP contribution < -0.4 is 5.32 Å². The lowest BCUT2D eigenvalue weighted by Crippen LogP contribution is -2.47. The molecule has 0 aromatic carbocycles. The Hall–Kier alpha value is -1.51. The maximum atomic E-state index is 13.6. The predicted molar refractivity (Wildman–Crippen MR) is 370 cm³/mol. The van der Waals surface area contributed by atoms with E-state index in [1.807, 2.05) is 27.2 Å². The molecular weight excluding hydrogens is 1070 g/mol. The summed E-state index contributed by atoms with van der Waals surface area (Å²) >= 11 is 0. The maximum Gasteiger partial charge on any atom is 0.472 e. The van der Waals surface area contributed by atoms with Crippen molar-refractivity contribution >= 4 is 19.7 Å². The monoisotopic (exact) mass is 1220 g/mol. The molecule has 0 aromatic rings. The molecule has 0 rings (SSSR count). The second-order valence-corrected chi connectivity index (χ2v) is 28.6. The van der Waals surface area contributed by atoms with E-state index in [1.165, 1.54) is 302 Å². The van der Waals surface area contributed by atoms with Gasteiger partial charge in [0.25, 0.3) is 0 Å². The van der Waals surface area contributed by atoms with E-state index in [2.05, 4.69) is 44.3 Å². The fraction of sp³-hybridized carbons (Fsp3) is 0.920. The van der Waals surface area contributed by atoms with E-state index in [1.54, 1.807) is 0 Å². The number of phosphoric ester groups is 1. The molecule has 2 N–H and O–H groups in total. The van der Waals surface area contributed by atoms with E-state index in [-0.39, 0.29) is 25.1 Å². The fourth-order valence-electron chi connectivity index (χ4n) is 11.6. The van der Waals surface area contributed by atoms with E-state index in [4.69, 9.17) is 13.8 Å². The first kappa shape index (κ1) is 83.5. The van der Waals surface area contributed by atoms with Crippen molar-refractivity contribution in [2.24, 2.45) is 0 Å². The number of nitrogens with one attached hydrogen (secondary N) is 1. The Kier molecular flexibility index (Phi) is 64.3. The Bertz CT molecular complexity index is 1500. The lowest BCUT2D eigenvalue weighted by atomic mass is 10.0. The Morgan fingerprint density at radius 3 is 1.00 bits per heavy atom. The van der Waals surface area contributed by atoms with Crippen LogP contribution in [0.4, 0.5) is 0 Å². The van der Waals surface area contributed by atoms with Gasteiger partial charge in [0, 0.05) is 12.8 Å². The number of phosphoric acid groups is 1. The second-order valence-electron chi connectivity index (χ2n) is 27.2. The number of ether oxygens (including phenoxy) is 1. The highest BCUT2D eigenvalue weighted by molar-refractivity contribution is 7.47. The molecule has 10 heteroatoms. The third-order valence-corrected chi connectivity index (χ3v) is 18.4. The quantitative estimate of drug-likeness (QED) is 0.0205. The first-order valence-corrected chi connectivity index (χ1v) is 39.2. The number of hydrogen-bond acceptors (Lipinski definition) is 6. The highest BCUT2D eigenvalue weighted by Gasteiger charge is 2.30. The standard InChI is InChI=1S/C75H147N2O7P/c1-7-10-13-16-19-22-25-28-30-32-34-36-38-40-42-44-46-49-52-55-58-61-64-67-74(78)76-72(71-83-85(80,81)82-70-69-77(4,5)6)73(66-63-60-57-54-51-48-27-24-21-18-15-12-9-3)84-75(79)68-65-62-59-56-53-50-47-45-43-41-39-37-35-33-31-29-26-23-20-17-14-11-8-2/h29,31,63,66,72-73H,7-28,30,32-62,64-65,67-71H2,1-6H3,(H-,76,78,80,81)/p+1/b31-29+,66-63+. The maximum absolute atomic E-state index is 13.6. The summed E-state index contributed by atoms with van der Waals surface area (Å²) in [5, 5.41) is 3.09. The first-order valence-electron chi connectivity index (χ1n) is 37.7. The van der Waals surface area contributed by atoms with Crippen LogP contribution in [0.5, 0.6) is 0 Å². The summed E-state index contributed by atoms with van der Waals surface area (Å²) in [6, 6.07) is -0.844. The number of nitrogens with zero attached hydrogens (tertiary/aromatic N) is 1. The number of likely N-dealkylation sites (N-methyl/N-ethyl adjacent to an activating group) is 1. The van der Waals surface area contributed by atoms with E-state index >= 15 is 0 Å². The molecule has 0 spiro atoms. The lowest BCUT2D eigenvalue weighted by Gasteiger charge is -2.27. The number of carbonyl (C=O) groups is 2. The SMILES string of the molecule is CCCCCCCC/C=C/CCCCCCCCCCCCCCCC(=O)OC(/C=C/CCCCCCCCCCCCC)C(COP(=O)(O)OCC[N+](C)(C)C)NC(=O)CCCCCCCCCCCCCCCCCCCCCCCCC. The number of quaternary nitrogens is 1.